The van der Waals surface area contributed by atoms with Gasteiger partial charge in [0, 0.05) is 0 Å². The van der Waals surface area contributed by atoms with Gasteiger partial charge >= 0.3 is 0 Å². The van der Waals surface area contributed by atoms with Crippen LogP contribution < -0.4 is 14.9 Å². The van der Waals surface area contributed by atoms with Crippen molar-refractivity contribution >= 4 is 27.8 Å². The summed E-state index contributed by atoms with van der Waals surface area (Å²) in [5.74, 6) is 1.46. The van der Waals surface area contributed by atoms with Crippen molar-refractivity contribution in [3.63, 3.8) is 0 Å². The quantitative estimate of drug-likeness (QED) is 0.485. The van der Waals surface area contributed by atoms with Gasteiger partial charge < -0.3 is 9.47 Å². The van der Waals surface area contributed by atoms with Crippen molar-refractivity contribution in [2.24, 2.45) is 5.10 Å². The van der Waals surface area contributed by atoms with Crippen LogP contribution in [0.5, 0.6) is 11.5 Å². The number of aryl methyl sites for hydroxylation is 1. The molecule has 128 valence electrons. The van der Waals surface area contributed by atoms with E-state index in [-0.39, 0.29) is 0 Å². The minimum atomic E-state index is 0.580. The van der Waals surface area contributed by atoms with Gasteiger partial charge in [0.1, 0.15) is 0 Å². The summed E-state index contributed by atoms with van der Waals surface area (Å²) >= 11 is 3.56. The van der Waals surface area contributed by atoms with Crippen LogP contribution in [0.2, 0.25) is 0 Å². The third-order valence-electron chi connectivity index (χ3n) is 3.24. The Morgan fingerprint density at radius 2 is 1.88 bits per heavy atom. The van der Waals surface area contributed by atoms with Crippen LogP contribution in [0.4, 0.5) is 5.69 Å². The summed E-state index contributed by atoms with van der Waals surface area (Å²) in [5, 5.41) is 4.28. The number of hydrazone groups is 1. The number of halogens is 1. The Kier molecular flexibility index (Phi) is 7.12. The van der Waals surface area contributed by atoms with Crippen molar-refractivity contribution in [1.82, 2.24) is 0 Å². The van der Waals surface area contributed by atoms with E-state index in [9.17, 15) is 0 Å². The van der Waals surface area contributed by atoms with Crippen LogP contribution in [0.15, 0.2) is 46.0 Å². The summed E-state index contributed by atoms with van der Waals surface area (Å²) in [6.07, 6.45) is 2.71. The Balaban J connectivity index is 2.14. The topological polar surface area (TPSA) is 42.8 Å². The van der Waals surface area contributed by atoms with Crippen molar-refractivity contribution < 1.29 is 9.47 Å². The lowest BCUT2D eigenvalue weighted by molar-refractivity contribution is 0.275. The molecule has 5 heteroatoms. The van der Waals surface area contributed by atoms with Crippen molar-refractivity contribution in [2.75, 3.05) is 18.6 Å². The molecule has 1 N–H and O–H groups in total. The summed E-state index contributed by atoms with van der Waals surface area (Å²) < 4.78 is 12.3. The monoisotopic (exact) mass is 390 g/mol. The van der Waals surface area contributed by atoms with Crippen LogP contribution in [-0.4, -0.2) is 19.4 Å². The van der Waals surface area contributed by atoms with Crippen molar-refractivity contribution in [3.8, 4) is 11.5 Å². The number of hydrogen-bond acceptors (Lipinski definition) is 4. The standard InChI is InChI=1S/C19H23BrN2O2/c1-4-10-24-19-17(20)11-15(12-18(19)23-5-2)13-21-22-16-8-6-14(3)7-9-16/h6-9,11-13,22H,4-5,10H2,1-3H3/b21-13+. The van der Waals surface area contributed by atoms with E-state index in [0.717, 1.165) is 33.6 Å². The maximum atomic E-state index is 5.78. The van der Waals surface area contributed by atoms with Gasteiger partial charge in [-0.3, -0.25) is 5.43 Å². The smallest absolute Gasteiger partial charge is 0.175 e. The zero-order chi connectivity index (χ0) is 17.4. The van der Waals surface area contributed by atoms with Gasteiger partial charge in [-0.25, -0.2) is 0 Å². The number of hydrogen-bond donors (Lipinski definition) is 1. The molecule has 0 radical (unpaired) electrons. The fraction of sp³-hybridized carbons (Fsp3) is 0.316. The number of ether oxygens (including phenoxy) is 2. The van der Waals surface area contributed by atoms with Gasteiger partial charge in [-0.1, -0.05) is 24.6 Å². The molecule has 0 fully saturated rings. The molecule has 24 heavy (non-hydrogen) atoms. The molecule has 0 aliphatic heterocycles. The van der Waals surface area contributed by atoms with Crippen molar-refractivity contribution in [3.05, 3.63) is 52.0 Å². The Morgan fingerprint density at radius 1 is 1.12 bits per heavy atom. The first-order valence-electron chi connectivity index (χ1n) is 8.09. The Labute approximate surface area is 152 Å². The number of rotatable bonds is 8. The number of benzene rings is 2. The molecular formula is C19H23BrN2O2. The molecule has 0 saturated heterocycles. The van der Waals surface area contributed by atoms with E-state index in [4.69, 9.17) is 9.47 Å². The molecule has 0 saturated carbocycles. The molecule has 0 aromatic heterocycles. The Hall–Kier alpha value is -2.01. The van der Waals surface area contributed by atoms with Crippen LogP contribution in [0.25, 0.3) is 0 Å². The van der Waals surface area contributed by atoms with Crippen molar-refractivity contribution in [2.45, 2.75) is 27.2 Å². The van der Waals surface area contributed by atoms with E-state index in [1.807, 2.05) is 43.3 Å². The molecule has 4 nitrogen and oxygen atoms in total. The molecule has 2 aromatic carbocycles. The van der Waals surface area contributed by atoms with E-state index >= 15 is 0 Å². The first kappa shape index (κ1) is 18.3. The number of anilines is 1. The van der Waals surface area contributed by atoms with Crippen LogP contribution in [0, 0.1) is 6.92 Å². The number of nitrogens with zero attached hydrogens (tertiary/aromatic N) is 1. The zero-order valence-corrected chi connectivity index (χ0v) is 15.9. The van der Waals surface area contributed by atoms with Gasteiger partial charge in [0.2, 0.25) is 0 Å². The summed E-state index contributed by atoms with van der Waals surface area (Å²) in [6, 6.07) is 12.0. The third-order valence-corrected chi connectivity index (χ3v) is 3.83. The lowest BCUT2D eigenvalue weighted by Gasteiger charge is -2.14. The summed E-state index contributed by atoms with van der Waals surface area (Å²) in [5.41, 5.74) is 6.11. The van der Waals surface area contributed by atoms with Gasteiger partial charge in [0.15, 0.2) is 11.5 Å². The highest BCUT2D eigenvalue weighted by Gasteiger charge is 2.11. The predicted molar refractivity (Wildman–Crippen MR) is 103 cm³/mol. The average Bonchev–Trinajstić information content (AvgIpc) is 2.56. The molecule has 0 bridgehead atoms. The minimum Gasteiger partial charge on any atom is -0.490 e. The first-order valence-corrected chi connectivity index (χ1v) is 8.88. The van der Waals surface area contributed by atoms with E-state index in [1.54, 1.807) is 6.21 Å². The Bertz CT molecular complexity index is 685. The van der Waals surface area contributed by atoms with Crippen LogP contribution >= 0.6 is 15.9 Å². The average molecular weight is 391 g/mol. The highest BCUT2D eigenvalue weighted by molar-refractivity contribution is 9.10. The maximum absolute atomic E-state index is 5.78. The molecule has 0 heterocycles. The molecule has 2 rings (SSSR count). The van der Waals surface area contributed by atoms with Crippen LogP contribution in [0.1, 0.15) is 31.4 Å². The largest absolute Gasteiger partial charge is 0.490 e. The zero-order valence-electron chi connectivity index (χ0n) is 14.3. The van der Waals surface area contributed by atoms with Gasteiger partial charge in [0.05, 0.1) is 29.6 Å². The summed E-state index contributed by atoms with van der Waals surface area (Å²) in [7, 11) is 0. The van der Waals surface area contributed by atoms with E-state index < -0.39 is 0 Å². The first-order chi connectivity index (χ1) is 11.6. The van der Waals surface area contributed by atoms with Crippen LogP contribution in [-0.2, 0) is 0 Å². The second-order valence-corrected chi connectivity index (χ2v) is 6.20. The minimum absolute atomic E-state index is 0.580. The van der Waals surface area contributed by atoms with Gasteiger partial charge in [-0.2, -0.15) is 5.10 Å². The third kappa shape index (κ3) is 5.27. The van der Waals surface area contributed by atoms with E-state index in [1.165, 1.54) is 5.56 Å². The predicted octanol–water partition coefficient (Wildman–Crippen LogP) is 5.39. The van der Waals surface area contributed by atoms with Crippen LogP contribution in [0.3, 0.4) is 0 Å². The highest BCUT2D eigenvalue weighted by atomic mass is 79.9. The second-order valence-electron chi connectivity index (χ2n) is 5.35. The second kappa shape index (κ2) is 9.33. The lowest BCUT2D eigenvalue weighted by Crippen LogP contribution is -2.02. The van der Waals surface area contributed by atoms with Gasteiger partial charge in [-0.05, 0) is 66.0 Å². The fourth-order valence-electron chi connectivity index (χ4n) is 2.08. The molecule has 0 aliphatic rings. The van der Waals surface area contributed by atoms with E-state index in [2.05, 4.69) is 40.3 Å². The fourth-order valence-corrected chi connectivity index (χ4v) is 2.65. The maximum Gasteiger partial charge on any atom is 0.175 e. The highest BCUT2D eigenvalue weighted by Crippen LogP contribution is 2.36. The Morgan fingerprint density at radius 3 is 2.54 bits per heavy atom. The number of nitrogens with one attached hydrogen (secondary N) is 1. The summed E-state index contributed by atoms with van der Waals surface area (Å²) in [6.45, 7) is 7.32. The molecule has 0 atom stereocenters. The molecule has 0 aliphatic carbocycles. The van der Waals surface area contributed by atoms with Gasteiger partial charge in [-0.15, -0.1) is 0 Å². The molecule has 2 aromatic rings. The van der Waals surface area contributed by atoms with Crippen molar-refractivity contribution in [1.29, 1.82) is 0 Å². The molecule has 0 spiro atoms. The summed E-state index contributed by atoms with van der Waals surface area (Å²) in [4.78, 5) is 0. The molecule has 0 unspecified atom stereocenters. The lowest BCUT2D eigenvalue weighted by atomic mass is 10.2. The molecule has 0 amide bonds. The SMILES string of the molecule is CCCOc1c(Br)cc(/C=N/Nc2ccc(C)cc2)cc1OCC. The van der Waals surface area contributed by atoms with Gasteiger partial charge in [0.25, 0.3) is 0 Å². The molecular weight excluding hydrogens is 368 g/mol. The van der Waals surface area contributed by atoms with E-state index in [0.29, 0.717) is 13.2 Å². The normalized spacial score (nSPS) is 10.8.